The van der Waals surface area contributed by atoms with Crippen LogP contribution in [0.15, 0.2) is 29.3 Å². The molecular formula is C24H43N5O. The van der Waals surface area contributed by atoms with Crippen molar-refractivity contribution in [1.29, 1.82) is 0 Å². The smallest absolute Gasteiger partial charge is 0.191 e. The van der Waals surface area contributed by atoms with Crippen molar-refractivity contribution in [3.8, 4) is 0 Å². The first-order valence-electron chi connectivity index (χ1n) is 11.7. The molecule has 0 unspecified atom stereocenters. The number of aliphatic imine (C=N–C) groups is 1. The van der Waals surface area contributed by atoms with Crippen molar-refractivity contribution in [3.63, 3.8) is 0 Å². The van der Waals surface area contributed by atoms with E-state index in [0.717, 1.165) is 64.9 Å². The molecule has 1 heterocycles. The van der Waals surface area contributed by atoms with Crippen LogP contribution in [-0.2, 0) is 17.8 Å². The number of rotatable bonds is 11. The Bertz CT molecular complexity index is 618. The second-order valence-corrected chi connectivity index (χ2v) is 8.61. The van der Waals surface area contributed by atoms with Gasteiger partial charge in [0, 0.05) is 51.4 Å². The van der Waals surface area contributed by atoms with Crippen LogP contribution in [0.4, 0.5) is 0 Å². The number of hydrogen-bond acceptors (Lipinski definition) is 4. The lowest BCUT2D eigenvalue weighted by Gasteiger charge is -2.30. The second-order valence-electron chi connectivity index (χ2n) is 8.61. The Hall–Kier alpha value is -1.63. The van der Waals surface area contributed by atoms with Gasteiger partial charge >= 0.3 is 0 Å². The predicted octanol–water partition coefficient (Wildman–Crippen LogP) is 3.08. The second kappa shape index (κ2) is 13.6. The average Bonchev–Trinajstić information content (AvgIpc) is 2.72. The lowest BCUT2D eigenvalue weighted by atomic mass is 10.1. The Balaban J connectivity index is 1.84. The fourth-order valence-corrected chi connectivity index (χ4v) is 3.94. The third-order valence-electron chi connectivity index (χ3n) is 5.48. The fraction of sp³-hybridized carbons (Fsp3) is 0.708. The summed E-state index contributed by atoms with van der Waals surface area (Å²) in [6.07, 6.45) is 1.11. The summed E-state index contributed by atoms with van der Waals surface area (Å²) in [6, 6.07) is 9.97. The van der Waals surface area contributed by atoms with Crippen LogP contribution in [0.3, 0.4) is 0 Å². The summed E-state index contributed by atoms with van der Waals surface area (Å²) in [5.41, 5.74) is 2.61. The highest BCUT2D eigenvalue weighted by Gasteiger charge is 2.13. The summed E-state index contributed by atoms with van der Waals surface area (Å²) in [7, 11) is 0. The van der Waals surface area contributed by atoms with Gasteiger partial charge in [0.15, 0.2) is 5.96 Å². The lowest BCUT2D eigenvalue weighted by Crippen LogP contribution is -2.41. The highest BCUT2D eigenvalue weighted by atomic mass is 16.5. The molecular weight excluding hydrogens is 374 g/mol. The van der Waals surface area contributed by atoms with Crippen molar-refractivity contribution in [2.75, 3.05) is 45.9 Å². The normalized spacial score (nSPS) is 15.9. The molecule has 30 heavy (non-hydrogen) atoms. The van der Waals surface area contributed by atoms with Crippen LogP contribution in [0.2, 0.25) is 0 Å². The maximum atomic E-state index is 5.45. The van der Waals surface area contributed by atoms with Gasteiger partial charge in [-0.1, -0.05) is 24.3 Å². The molecule has 1 aromatic carbocycles. The van der Waals surface area contributed by atoms with Crippen molar-refractivity contribution in [2.45, 2.75) is 66.2 Å². The van der Waals surface area contributed by atoms with E-state index in [1.54, 1.807) is 0 Å². The Morgan fingerprint density at radius 3 is 2.47 bits per heavy atom. The van der Waals surface area contributed by atoms with Gasteiger partial charge in [0.1, 0.15) is 0 Å². The Labute approximate surface area is 184 Å². The van der Waals surface area contributed by atoms with Crippen LogP contribution in [-0.4, -0.2) is 73.8 Å². The van der Waals surface area contributed by atoms with Gasteiger partial charge in [0.2, 0.25) is 0 Å². The zero-order valence-electron chi connectivity index (χ0n) is 19.8. The zero-order chi connectivity index (χ0) is 21.8. The van der Waals surface area contributed by atoms with E-state index in [9.17, 15) is 0 Å². The summed E-state index contributed by atoms with van der Waals surface area (Å²) in [6.45, 7) is 19.5. The molecule has 1 saturated heterocycles. The van der Waals surface area contributed by atoms with E-state index >= 15 is 0 Å². The van der Waals surface area contributed by atoms with E-state index in [1.165, 1.54) is 11.1 Å². The van der Waals surface area contributed by atoms with Gasteiger partial charge in [0.05, 0.1) is 19.8 Å². The van der Waals surface area contributed by atoms with Gasteiger partial charge in [-0.2, -0.15) is 0 Å². The number of guanidine groups is 1. The topological polar surface area (TPSA) is 52.1 Å². The number of morpholine rings is 1. The molecule has 0 amide bonds. The number of nitrogens with zero attached hydrogens (tertiary/aromatic N) is 3. The van der Waals surface area contributed by atoms with Crippen LogP contribution >= 0.6 is 0 Å². The van der Waals surface area contributed by atoms with E-state index in [1.807, 2.05) is 0 Å². The van der Waals surface area contributed by atoms with Crippen LogP contribution < -0.4 is 10.6 Å². The summed E-state index contributed by atoms with van der Waals surface area (Å²) < 4.78 is 5.45. The van der Waals surface area contributed by atoms with E-state index in [0.29, 0.717) is 18.6 Å². The monoisotopic (exact) mass is 417 g/mol. The molecule has 0 radical (unpaired) electrons. The van der Waals surface area contributed by atoms with Crippen molar-refractivity contribution in [2.24, 2.45) is 4.99 Å². The molecule has 1 aliphatic heterocycles. The van der Waals surface area contributed by atoms with Gasteiger partial charge in [0.25, 0.3) is 0 Å². The number of benzene rings is 1. The lowest BCUT2D eigenvalue weighted by molar-refractivity contribution is 0.0342. The Kier molecular flexibility index (Phi) is 11.2. The van der Waals surface area contributed by atoms with Crippen molar-refractivity contribution in [1.82, 2.24) is 20.4 Å². The Morgan fingerprint density at radius 2 is 1.80 bits per heavy atom. The summed E-state index contributed by atoms with van der Waals surface area (Å²) in [5, 5.41) is 6.86. The number of ether oxygens (including phenoxy) is 1. The average molecular weight is 418 g/mol. The molecule has 6 heteroatoms. The minimum atomic E-state index is 0.580. The molecule has 1 aliphatic rings. The first-order valence-corrected chi connectivity index (χ1v) is 11.7. The van der Waals surface area contributed by atoms with Crippen molar-refractivity contribution in [3.05, 3.63) is 35.4 Å². The van der Waals surface area contributed by atoms with Crippen LogP contribution in [0, 0.1) is 0 Å². The van der Waals surface area contributed by atoms with Crippen LogP contribution in [0.1, 0.15) is 52.2 Å². The molecule has 0 spiro atoms. The van der Waals surface area contributed by atoms with Crippen LogP contribution in [0.5, 0.6) is 0 Å². The molecule has 1 aromatic rings. The quantitative estimate of drug-likeness (QED) is 0.329. The molecule has 0 aliphatic carbocycles. The number of hydrogen-bond donors (Lipinski definition) is 2. The van der Waals surface area contributed by atoms with Crippen molar-refractivity contribution < 1.29 is 4.74 Å². The highest BCUT2D eigenvalue weighted by Crippen LogP contribution is 2.11. The standard InChI is InChI=1S/C24H43N5O/c1-6-25-24(26-11-8-12-29(20(2)3)21(4)5)27-18-22-9-7-10-23(17-22)19-28-13-15-30-16-14-28/h7,9-10,17,20-21H,6,8,11-16,18-19H2,1-5H3,(H2,25,26,27). The molecule has 6 nitrogen and oxygen atoms in total. The maximum absolute atomic E-state index is 5.45. The SMILES string of the molecule is CCNC(=NCc1cccc(CN2CCOCC2)c1)NCCCN(C(C)C)C(C)C. The highest BCUT2D eigenvalue weighted by molar-refractivity contribution is 5.79. The van der Waals surface area contributed by atoms with E-state index in [2.05, 4.69) is 79.3 Å². The van der Waals surface area contributed by atoms with E-state index in [4.69, 9.17) is 9.73 Å². The van der Waals surface area contributed by atoms with Crippen molar-refractivity contribution >= 4 is 5.96 Å². The molecule has 1 fully saturated rings. The first-order chi connectivity index (χ1) is 14.5. The summed E-state index contributed by atoms with van der Waals surface area (Å²) in [4.78, 5) is 9.79. The largest absolute Gasteiger partial charge is 0.379 e. The molecule has 0 saturated carbocycles. The van der Waals surface area contributed by atoms with E-state index < -0.39 is 0 Å². The zero-order valence-corrected chi connectivity index (χ0v) is 19.8. The summed E-state index contributed by atoms with van der Waals surface area (Å²) in [5.74, 6) is 0.900. The molecule has 2 N–H and O–H groups in total. The van der Waals surface area contributed by atoms with Gasteiger partial charge in [-0.05, 0) is 52.2 Å². The molecule has 170 valence electrons. The van der Waals surface area contributed by atoms with Gasteiger partial charge in [-0.3, -0.25) is 9.80 Å². The molecule has 2 rings (SSSR count). The maximum Gasteiger partial charge on any atom is 0.191 e. The first kappa shape index (κ1) is 24.6. The molecule has 0 aromatic heterocycles. The molecule has 0 bridgehead atoms. The van der Waals surface area contributed by atoms with E-state index in [-0.39, 0.29) is 0 Å². The third kappa shape index (κ3) is 9.02. The Morgan fingerprint density at radius 1 is 1.10 bits per heavy atom. The van der Waals surface area contributed by atoms with Gasteiger partial charge in [-0.25, -0.2) is 4.99 Å². The van der Waals surface area contributed by atoms with Gasteiger partial charge in [-0.15, -0.1) is 0 Å². The van der Waals surface area contributed by atoms with Crippen LogP contribution in [0.25, 0.3) is 0 Å². The third-order valence-corrected chi connectivity index (χ3v) is 5.48. The minimum absolute atomic E-state index is 0.580. The summed E-state index contributed by atoms with van der Waals surface area (Å²) >= 11 is 0. The van der Waals surface area contributed by atoms with Gasteiger partial charge < -0.3 is 15.4 Å². The predicted molar refractivity (Wildman–Crippen MR) is 127 cm³/mol. The minimum Gasteiger partial charge on any atom is -0.379 e. The molecule has 0 atom stereocenters. The fourth-order valence-electron chi connectivity index (χ4n) is 3.94. The number of nitrogens with one attached hydrogen (secondary N) is 2.